The van der Waals surface area contributed by atoms with E-state index in [0.29, 0.717) is 4.90 Å². The number of rotatable bonds is 24. The van der Waals surface area contributed by atoms with Gasteiger partial charge in [0.15, 0.2) is 12.4 Å². The molecule has 19 nitrogen and oxygen atoms in total. The largest absolute Gasteiger partial charge is 0.434 e. The Morgan fingerprint density at radius 1 is 0.717 bits per heavy atom. The van der Waals surface area contributed by atoms with Gasteiger partial charge in [-0.15, -0.1) is 0 Å². The van der Waals surface area contributed by atoms with Crippen LogP contribution in [0.2, 0.25) is 0 Å². The number of hydrogen-bond acceptors (Lipinski definition) is 18. The molecule has 0 heterocycles. The van der Waals surface area contributed by atoms with E-state index in [1.54, 1.807) is 13.8 Å². The first-order chi connectivity index (χ1) is 21.2. The first-order valence-corrected chi connectivity index (χ1v) is 14.7. The average Bonchev–Trinajstić information content (AvgIpc) is 3.02. The van der Waals surface area contributed by atoms with Crippen molar-refractivity contribution >= 4 is 11.9 Å². The number of hydrogen-bond donors (Lipinski definition) is 13. The lowest BCUT2D eigenvalue weighted by atomic mass is 9.95. The Balaban J connectivity index is 5.63. The van der Waals surface area contributed by atoms with Gasteiger partial charge in [-0.2, -0.15) is 0 Å². The standard InChI is InChI=1S/C27H53NO18/c1-5-27(4,6-15(32)11-44-14(3)46-26(43)13(2)31)45-12-20(37)25(42)28(7-16(33)21(38)23(40)18(35)9-29)8-17(34)22(39)24(41)19(36)10-30/h13-24,29-41H,5-12H2,1-4H3/t13?,14?,15?,16-,17-,18+,19+,20?,21+,22+,23+,24+,27?/m0/s1. The fourth-order valence-corrected chi connectivity index (χ4v) is 4.02. The number of esters is 1. The summed E-state index contributed by atoms with van der Waals surface area (Å²) in [4.78, 5) is 25.2. The molecule has 19 heteroatoms. The van der Waals surface area contributed by atoms with Gasteiger partial charge in [0.05, 0.1) is 38.1 Å². The van der Waals surface area contributed by atoms with E-state index in [9.17, 15) is 65.8 Å². The van der Waals surface area contributed by atoms with Crippen LogP contribution < -0.4 is 0 Å². The van der Waals surface area contributed by atoms with E-state index in [1.165, 1.54) is 13.8 Å². The summed E-state index contributed by atoms with van der Waals surface area (Å²) >= 11 is 0. The van der Waals surface area contributed by atoms with Crippen LogP contribution in [0.3, 0.4) is 0 Å². The molecule has 274 valence electrons. The Morgan fingerprint density at radius 3 is 1.54 bits per heavy atom. The third kappa shape index (κ3) is 15.0. The number of aliphatic hydroxyl groups excluding tert-OH is 13. The second-order valence-electron chi connectivity index (χ2n) is 11.3. The Labute approximate surface area is 266 Å². The molecule has 0 bridgehead atoms. The van der Waals surface area contributed by atoms with Gasteiger partial charge in [0.1, 0.15) is 54.9 Å². The van der Waals surface area contributed by atoms with Gasteiger partial charge in [-0.25, -0.2) is 4.79 Å². The Kier molecular flexibility index (Phi) is 20.6. The topological polar surface area (TPSA) is 328 Å². The molecule has 0 aromatic rings. The molecule has 0 aliphatic carbocycles. The average molecular weight is 680 g/mol. The molecule has 0 saturated heterocycles. The number of nitrogens with zero attached hydrogens (tertiary/aromatic N) is 1. The first-order valence-electron chi connectivity index (χ1n) is 14.7. The number of ether oxygens (including phenoxy) is 3. The Morgan fingerprint density at radius 2 is 1.15 bits per heavy atom. The highest BCUT2D eigenvalue weighted by atomic mass is 16.7. The van der Waals surface area contributed by atoms with Crippen LogP contribution in [-0.2, 0) is 23.8 Å². The molecule has 0 aromatic heterocycles. The predicted molar refractivity (Wildman–Crippen MR) is 153 cm³/mol. The van der Waals surface area contributed by atoms with Crippen LogP contribution in [0.25, 0.3) is 0 Å². The molecule has 0 saturated carbocycles. The number of carbonyl (C=O) groups excluding carboxylic acids is 2. The van der Waals surface area contributed by atoms with E-state index in [4.69, 9.17) is 24.4 Å². The minimum Gasteiger partial charge on any atom is -0.434 e. The zero-order chi connectivity index (χ0) is 35.9. The van der Waals surface area contributed by atoms with Crippen molar-refractivity contribution in [3.8, 4) is 0 Å². The van der Waals surface area contributed by atoms with Crippen LogP contribution in [0.15, 0.2) is 0 Å². The van der Waals surface area contributed by atoms with Gasteiger partial charge in [-0.1, -0.05) is 6.92 Å². The third-order valence-electron chi connectivity index (χ3n) is 7.21. The SMILES string of the molecule is CCC(C)(CC(O)COC(C)OC(=O)C(C)O)OCC(O)C(=O)N(C[C@H](O)[C@@H](O)[C@H](O)[C@H](O)CO)C[C@H](O)[C@@H](O)[C@H](O)[C@H](O)CO. The highest BCUT2D eigenvalue weighted by Crippen LogP contribution is 2.23. The van der Waals surface area contributed by atoms with Gasteiger partial charge in [0, 0.05) is 19.5 Å². The van der Waals surface area contributed by atoms with Crippen molar-refractivity contribution in [1.29, 1.82) is 0 Å². The number of aliphatic hydroxyl groups is 13. The quantitative estimate of drug-likeness (QED) is 0.0333. The second-order valence-corrected chi connectivity index (χ2v) is 11.3. The lowest BCUT2D eigenvalue weighted by Crippen LogP contribution is -2.56. The zero-order valence-corrected chi connectivity index (χ0v) is 26.4. The van der Waals surface area contributed by atoms with E-state index in [0.717, 1.165) is 0 Å². The molecule has 0 fully saturated rings. The van der Waals surface area contributed by atoms with Crippen molar-refractivity contribution in [3.63, 3.8) is 0 Å². The van der Waals surface area contributed by atoms with Crippen LogP contribution in [0, 0.1) is 0 Å². The van der Waals surface area contributed by atoms with E-state index < -0.39 is 124 Å². The third-order valence-corrected chi connectivity index (χ3v) is 7.21. The molecule has 0 spiro atoms. The fraction of sp³-hybridized carbons (Fsp3) is 0.926. The highest BCUT2D eigenvalue weighted by molar-refractivity contribution is 5.81. The Bertz CT molecular complexity index is 839. The molecule has 0 radical (unpaired) electrons. The van der Waals surface area contributed by atoms with Gasteiger partial charge in [0.25, 0.3) is 5.91 Å². The summed E-state index contributed by atoms with van der Waals surface area (Å²) in [5.41, 5.74) is -1.17. The normalized spacial score (nSPS) is 21.3. The second kappa shape index (κ2) is 21.3. The highest BCUT2D eigenvalue weighted by Gasteiger charge is 2.37. The fourth-order valence-electron chi connectivity index (χ4n) is 4.02. The van der Waals surface area contributed by atoms with E-state index in [1.807, 2.05) is 0 Å². The van der Waals surface area contributed by atoms with Crippen molar-refractivity contribution in [3.05, 3.63) is 0 Å². The molecular weight excluding hydrogens is 626 g/mol. The molecule has 13 N–H and O–H groups in total. The summed E-state index contributed by atoms with van der Waals surface area (Å²) in [5.74, 6) is -2.18. The summed E-state index contributed by atoms with van der Waals surface area (Å²) in [6, 6.07) is 0. The maximum atomic E-state index is 13.2. The number of amides is 1. The van der Waals surface area contributed by atoms with Crippen LogP contribution in [0.4, 0.5) is 0 Å². The summed E-state index contributed by atoms with van der Waals surface area (Å²) in [6.45, 7) is 0.889. The summed E-state index contributed by atoms with van der Waals surface area (Å²) in [6.07, 6.45) is -21.9. The monoisotopic (exact) mass is 679 g/mol. The van der Waals surface area contributed by atoms with Crippen LogP contribution >= 0.6 is 0 Å². The molecule has 0 rings (SSSR count). The molecule has 1 amide bonds. The smallest absolute Gasteiger partial charge is 0.336 e. The van der Waals surface area contributed by atoms with Gasteiger partial charge >= 0.3 is 5.97 Å². The van der Waals surface area contributed by atoms with Crippen LogP contribution in [-0.4, -0.2) is 202 Å². The zero-order valence-electron chi connectivity index (χ0n) is 26.4. The summed E-state index contributed by atoms with van der Waals surface area (Å²) in [7, 11) is 0. The predicted octanol–water partition coefficient (Wildman–Crippen LogP) is -6.73. The lowest BCUT2D eigenvalue weighted by Gasteiger charge is -2.35. The van der Waals surface area contributed by atoms with Crippen molar-refractivity contribution in [2.75, 3.05) is 39.5 Å². The van der Waals surface area contributed by atoms with Crippen molar-refractivity contribution in [2.24, 2.45) is 0 Å². The minimum absolute atomic E-state index is 0.100. The summed E-state index contributed by atoms with van der Waals surface area (Å²) in [5, 5.41) is 128. The van der Waals surface area contributed by atoms with Crippen molar-refractivity contribution in [1.82, 2.24) is 4.90 Å². The van der Waals surface area contributed by atoms with Gasteiger partial charge < -0.3 is 85.5 Å². The number of carbonyl (C=O) groups is 2. The molecule has 0 aliphatic rings. The molecule has 13 atom stereocenters. The van der Waals surface area contributed by atoms with E-state index in [2.05, 4.69) is 0 Å². The molecule has 46 heavy (non-hydrogen) atoms. The maximum absolute atomic E-state index is 13.2. The minimum atomic E-state index is -2.15. The van der Waals surface area contributed by atoms with Crippen LogP contribution in [0.5, 0.6) is 0 Å². The molecule has 0 aliphatic heterocycles. The molecule has 0 aromatic carbocycles. The molecule has 5 unspecified atom stereocenters. The Hall–Kier alpha value is -1.66. The van der Waals surface area contributed by atoms with Crippen LogP contribution in [0.1, 0.15) is 40.5 Å². The molecular formula is C27H53NO18. The first kappa shape index (κ1) is 44.3. The maximum Gasteiger partial charge on any atom is 0.336 e. The van der Waals surface area contributed by atoms with E-state index in [-0.39, 0.29) is 19.4 Å². The lowest BCUT2D eigenvalue weighted by molar-refractivity contribution is -0.189. The summed E-state index contributed by atoms with van der Waals surface area (Å²) < 4.78 is 15.8. The van der Waals surface area contributed by atoms with Gasteiger partial charge in [0.2, 0.25) is 0 Å². The van der Waals surface area contributed by atoms with E-state index >= 15 is 0 Å². The van der Waals surface area contributed by atoms with Crippen molar-refractivity contribution in [2.45, 2.75) is 120 Å². The van der Waals surface area contributed by atoms with Crippen molar-refractivity contribution < 1.29 is 90.2 Å². The van der Waals surface area contributed by atoms with Gasteiger partial charge in [-0.05, 0) is 27.2 Å². The van der Waals surface area contributed by atoms with Gasteiger partial charge in [-0.3, -0.25) is 4.79 Å².